The molecule has 1 aromatic heterocycles. The average Bonchev–Trinajstić information content (AvgIpc) is 3.34. The fourth-order valence-corrected chi connectivity index (χ4v) is 4.52. The van der Waals surface area contributed by atoms with E-state index in [1.807, 2.05) is 29.2 Å². The van der Waals surface area contributed by atoms with Crippen molar-refractivity contribution in [3.8, 4) is 16.9 Å². The van der Waals surface area contributed by atoms with Crippen molar-refractivity contribution in [3.63, 3.8) is 0 Å². The van der Waals surface area contributed by atoms with Crippen LogP contribution in [0.25, 0.3) is 16.9 Å². The first kappa shape index (κ1) is 23.8. The second-order valence-corrected chi connectivity index (χ2v) is 9.24. The molecule has 1 aliphatic heterocycles. The minimum absolute atomic E-state index is 0.00948. The maximum absolute atomic E-state index is 13.7. The Bertz CT molecular complexity index is 1410. The van der Waals surface area contributed by atoms with Gasteiger partial charge in [0.15, 0.2) is 0 Å². The first-order chi connectivity index (χ1) is 17.4. The maximum atomic E-state index is 13.7. The Kier molecular flexibility index (Phi) is 6.63. The number of nitrogens with zero attached hydrogens (tertiary/aromatic N) is 5. The van der Waals surface area contributed by atoms with Gasteiger partial charge < -0.3 is 9.80 Å². The number of nitro groups is 1. The lowest BCUT2D eigenvalue weighted by Crippen LogP contribution is -2.49. The zero-order chi connectivity index (χ0) is 25.2. The van der Waals surface area contributed by atoms with Crippen molar-refractivity contribution < 1.29 is 9.72 Å². The Hall–Kier alpha value is -3.88. The number of rotatable bonds is 5. The summed E-state index contributed by atoms with van der Waals surface area (Å²) in [5.74, 6) is -0.142. The van der Waals surface area contributed by atoms with E-state index in [9.17, 15) is 14.9 Å². The molecule has 5 rings (SSSR count). The third-order valence-electron chi connectivity index (χ3n) is 6.11. The molecule has 8 nitrogen and oxygen atoms in total. The zero-order valence-electron chi connectivity index (χ0n) is 19.1. The van der Waals surface area contributed by atoms with Crippen LogP contribution in [-0.4, -0.2) is 51.7 Å². The van der Waals surface area contributed by atoms with Crippen molar-refractivity contribution in [1.82, 2.24) is 14.7 Å². The van der Waals surface area contributed by atoms with Crippen molar-refractivity contribution in [2.45, 2.75) is 0 Å². The summed E-state index contributed by atoms with van der Waals surface area (Å²) >= 11 is 12.2. The van der Waals surface area contributed by atoms with Gasteiger partial charge in [-0.3, -0.25) is 14.9 Å². The van der Waals surface area contributed by atoms with Gasteiger partial charge in [0.05, 0.1) is 16.3 Å². The van der Waals surface area contributed by atoms with E-state index in [1.54, 1.807) is 47.1 Å². The highest BCUT2D eigenvalue weighted by molar-refractivity contribution is 6.31. The Labute approximate surface area is 217 Å². The quantitative estimate of drug-likeness (QED) is 0.247. The number of aromatic nitrogens is 2. The predicted molar refractivity (Wildman–Crippen MR) is 140 cm³/mol. The number of anilines is 1. The predicted octanol–water partition coefficient (Wildman–Crippen LogP) is 5.72. The third-order valence-corrected chi connectivity index (χ3v) is 6.60. The maximum Gasteiger partial charge on any atom is 0.272 e. The molecule has 0 N–H and O–H groups in total. The van der Waals surface area contributed by atoms with E-state index in [0.29, 0.717) is 58.9 Å². The number of hydrogen-bond acceptors (Lipinski definition) is 5. The summed E-state index contributed by atoms with van der Waals surface area (Å²) in [5.41, 5.74) is 3.33. The van der Waals surface area contributed by atoms with E-state index < -0.39 is 4.92 Å². The van der Waals surface area contributed by atoms with Crippen molar-refractivity contribution in [3.05, 3.63) is 105 Å². The van der Waals surface area contributed by atoms with Gasteiger partial charge in [-0.05, 0) is 60.7 Å². The number of carbonyl (C=O) groups excluding carboxylic acids is 1. The third kappa shape index (κ3) is 4.91. The van der Waals surface area contributed by atoms with Crippen LogP contribution < -0.4 is 4.90 Å². The van der Waals surface area contributed by atoms with Gasteiger partial charge in [-0.2, -0.15) is 5.10 Å². The monoisotopic (exact) mass is 521 g/mol. The van der Waals surface area contributed by atoms with E-state index in [0.717, 1.165) is 5.69 Å². The molecule has 0 unspecified atom stereocenters. The molecule has 0 saturated carbocycles. The summed E-state index contributed by atoms with van der Waals surface area (Å²) < 4.78 is 1.60. The van der Waals surface area contributed by atoms with Gasteiger partial charge in [0.25, 0.3) is 11.6 Å². The lowest BCUT2D eigenvalue weighted by Gasteiger charge is -2.36. The fraction of sp³-hybridized carbons (Fsp3) is 0.154. The first-order valence-corrected chi connectivity index (χ1v) is 12.1. The van der Waals surface area contributed by atoms with E-state index in [2.05, 4.69) is 10.00 Å². The second kappa shape index (κ2) is 10.0. The second-order valence-electron chi connectivity index (χ2n) is 8.37. The number of halogens is 2. The molecule has 36 heavy (non-hydrogen) atoms. The molecule has 0 bridgehead atoms. The largest absolute Gasteiger partial charge is 0.368 e. The van der Waals surface area contributed by atoms with Crippen LogP contribution in [0.2, 0.25) is 10.0 Å². The molecule has 0 spiro atoms. The molecule has 1 saturated heterocycles. The van der Waals surface area contributed by atoms with Crippen molar-refractivity contribution in [2.24, 2.45) is 0 Å². The Morgan fingerprint density at radius 2 is 1.53 bits per heavy atom. The minimum atomic E-state index is -0.450. The van der Waals surface area contributed by atoms with Crippen LogP contribution in [0.5, 0.6) is 0 Å². The van der Waals surface area contributed by atoms with Gasteiger partial charge in [0, 0.05) is 59.6 Å². The number of amides is 1. The summed E-state index contributed by atoms with van der Waals surface area (Å²) in [6, 6.07) is 22.6. The van der Waals surface area contributed by atoms with Gasteiger partial charge in [-0.15, -0.1) is 0 Å². The van der Waals surface area contributed by atoms with E-state index in [4.69, 9.17) is 23.2 Å². The minimum Gasteiger partial charge on any atom is -0.368 e. The number of piperazine rings is 1. The standard InChI is InChI=1S/C26H21Cl2N5O3/c27-19-6-10-21(11-7-19)32-25(17-24(29-32)18-4-8-22(9-5-18)33(35)36)26(34)31-14-12-30(13-15-31)23-3-1-2-20(28)16-23/h1-11,16-17H,12-15H2. The molecule has 1 aliphatic rings. The lowest BCUT2D eigenvalue weighted by atomic mass is 10.1. The molecule has 1 fully saturated rings. The lowest BCUT2D eigenvalue weighted by molar-refractivity contribution is -0.384. The van der Waals surface area contributed by atoms with Crippen molar-refractivity contribution in [1.29, 1.82) is 0 Å². The van der Waals surface area contributed by atoms with Crippen molar-refractivity contribution in [2.75, 3.05) is 31.1 Å². The van der Waals surface area contributed by atoms with Crippen LogP contribution >= 0.6 is 23.2 Å². The summed E-state index contributed by atoms with van der Waals surface area (Å²) in [7, 11) is 0. The van der Waals surface area contributed by atoms with Crippen LogP contribution in [0.3, 0.4) is 0 Å². The van der Waals surface area contributed by atoms with Gasteiger partial charge in [-0.1, -0.05) is 29.3 Å². The SMILES string of the molecule is O=C(c1cc(-c2ccc([N+](=O)[O-])cc2)nn1-c1ccc(Cl)cc1)N1CCN(c2cccc(Cl)c2)CC1. The number of benzene rings is 3. The summed E-state index contributed by atoms with van der Waals surface area (Å²) in [4.78, 5) is 28.2. The molecule has 1 amide bonds. The van der Waals surface area contributed by atoms with Crippen LogP contribution in [0.4, 0.5) is 11.4 Å². The smallest absolute Gasteiger partial charge is 0.272 e. The molecule has 4 aromatic rings. The topological polar surface area (TPSA) is 84.5 Å². The van der Waals surface area contributed by atoms with Crippen LogP contribution in [-0.2, 0) is 0 Å². The summed E-state index contributed by atoms with van der Waals surface area (Å²) in [6.45, 7) is 2.45. The van der Waals surface area contributed by atoms with Gasteiger partial charge in [-0.25, -0.2) is 4.68 Å². The summed E-state index contributed by atoms with van der Waals surface area (Å²) in [6.07, 6.45) is 0. The Balaban J connectivity index is 1.43. The highest BCUT2D eigenvalue weighted by Crippen LogP contribution is 2.26. The Morgan fingerprint density at radius 3 is 2.17 bits per heavy atom. The van der Waals surface area contributed by atoms with E-state index in [-0.39, 0.29) is 11.6 Å². The summed E-state index contributed by atoms with van der Waals surface area (Å²) in [5, 5.41) is 17.0. The van der Waals surface area contributed by atoms with Crippen LogP contribution in [0.1, 0.15) is 10.5 Å². The number of nitro benzene ring substituents is 1. The first-order valence-electron chi connectivity index (χ1n) is 11.3. The molecule has 0 radical (unpaired) electrons. The number of hydrogen-bond donors (Lipinski definition) is 0. The van der Waals surface area contributed by atoms with Gasteiger partial charge >= 0.3 is 0 Å². The number of carbonyl (C=O) groups is 1. The van der Waals surface area contributed by atoms with E-state index in [1.165, 1.54) is 12.1 Å². The molecule has 10 heteroatoms. The van der Waals surface area contributed by atoms with Crippen molar-refractivity contribution >= 4 is 40.5 Å². The normalized spacial score (nSPS) is 13.6. The molecular weight excluding hydrogens is 501 g/mol. The molecule has 2 heterocycles. The highest BCUT2D eigenvalue weighted by atomic mass is 35.5. The van der Waals surface area contributed by atoms with Gasteiger partial charge in [0.1, 0.15) is 5.69 Å². The van der Waals surface area contributed by atoms with Gasteiger partial charge in [0.2, 0.25) is 0 Å². The highest BCUT2D eigenvalue weighted by Gasteiger charge is 2.26. The molecule has 3 aromatic carbocycles. The zero-order valence-corrected chi connectivity index (χ0v) is 20.6. The van der Waals surface area contributed by atoms with E-state index >= 15 is 0 Å². The van der Waals surface area contributed by atoms with Crippen LogP contribution in [0.15, 0.2) is 78.9 Å². The molecular formula is C26H21Cl2N5O3. The Morgan fingerprint density at radius 1 is 0.833 bits per heavy atom. The fourth-order valence-electron chi connectivity index (χ4n) is 4.21. The molecule has 182 valence electrons. The molecule has 0 atom stereocenters. The number of non-ortho nitro benzene ring substituents is 1. The molecule has 0 aliphatic carbocycles. The average molecular weight is 522 g/mol. The van der Waals surface area contributed by atoms with Crippen LogP contribution in [0, 0.1) is 10.1 Å².